The molecule has 0 aliphatic carbocycles. The van der Waals surface area contributed by atoms with Crippen molar-refractivity contribution in [2.75, 3.05) is 13.2 Å². The van der Waals surface area contributed by atoms with Crippen molar-refractivity contribution in [2.24, 2.45) is 0 Å². The van der Waals surface area contributed by atoms with E-state index in [0.29, 0.717) is 17.9 Å². The van der Waals surface area contributed by atoms with Gasteiger partial charge in [-0.2, -0.15) is 5.10 Å². The molecule has 0 unspecified atom stereocenters. The Morgan fingerprint density at radius 3 is 2.67 bits per heavy atom. The summed E-state index contributed by atoms with van der Waals surface area (Å²) in [4.78, 5) is 23.3. The van der Waals surface area contributed by atoms with Crippen LogP contribution < -0.4 is 5.32 Å². The Kier molecular flexibility index (Phi) is 4.71. The van der Waals surface area contributed by atoms with Gasteiger partial charge in [-0.1, -0.05) is 18.2 Å². The summed E-state index contributed by atoms with van der Waals surface area (Å²) >= 11 is 0. The Morgan fingerprint density at radius 1 is 1.29 bits per heavy atom. The highest BCUT2D eigenvalue weighted by Crippen LogP contribution is 2.13. The number of para-hydroxylation sites is 1. The maximum atomic E-state index is 12.0. The molecule has 2 rings (SSSR count). The molecule has 110 valence electrons. The van der Waals surface area contributed by atoms with Crippen molar-refractivity contribution in [3.05, 3.63) is 47.8 Å². The molecule has 1 amide bonds. The van der Waals surface area contributed by atoms with Crippen LogP contribution in [0.2, 0.25) is 0 Å². The van der Waals surface area contributed by atoms with Crippen LogP contribution in [0.15, 0.2) is 36.5 Å². The molecule has 2 aromatic rings. The lowest BCUT2D eigenvalue weighted by molar-refractivity contribution is -0.141. The maximum Gasteiger partial charge on any atom is 0.325 e. The number of rotatable bonds is 5. The number of hydrogen-bond acceptors (Lipinski definition) is 4. The van der Waals surface area contributed by atoms with E-state index in [1.807, 2.05) is 30.3 Å². The molecule has 1 N–H and O–H groups in total. The fourth-order valence-electron chi connectivity index (χ4n) is 1.92. The summed E-state index contributed by atoms with van der Waals surface area (Å²) in [7, 11) is 0. The van der Waals surface area contributed by atoms with E-state index in [1.165, 1.54) is 6.20 Å². The molecule has 0 aliphatic heterocycles. The molecule has 1 heterocycles. The molecule has 6 heteroatoms. The van der Waals surface area contributed by atoms with Gasteiger partial charge in [0.1, 0.15) is 6.54 Å². The van der Waals surface area contributed by atoms with Crippen molar-refractivity contribution in [3.63, 3.8) is 0 Å². The lowest BCUT2D eigenvalue weighted by Gasteiger charge is -2.06. The van der Waals surface area contributed by atoms with Crippen molar-refractivity contribution in [2.45, 2.75) is 13.8 Å². The van der Waals surface area contributed by atoms with Crippen LogP contribution >= 0.6 is 0 Å². The highest BCUT2D eigenvalue weighted by Gasteiger charge is 2.15. The smallest absolute Gasteiger partial charge is 0.325 e. The van der Waals surface area contributed by atoms with Gasteiger partial charge in [-0.3, -0.25) is 9.59 Å². The summed E-state index contributed by atoms with van der Waals surface area (Å²) in [5.41, 5.74) is 2.02. The third-order valence-corrected chi connectivity index (χ3v) is 2.95. The van der Waals surface area contributed by atoms with E-state index in [2.05, 4.69) is 10.4 Å². The number of ether oxygens (including phenoxy) is 1. The van der Waals surface area contributed by atoms with E-state index in [4.69, 9.17) is 4.74 Å². The van der Waals surface area contributed by atoms with Gasteiger partial charge < -0.3 is 10.1 Å². The zero-order chi connectivity index (χ0) is 15.2. The summed E-state index contributed by atoms with van der Waals surface area (Å²) in [6.07, 6.45) is 1.49. The summed E-state index contributed by atoms with van der Waals surface area (Å²) in [5.74, 6) is -0.804. The van der Waals surface area contributed by atoms with Crippen molar-refractivity contribution < 1.29 is 14.3 Å². The van der Waals surface area contributed by atoms with E-state index in [9.17, 15) is 9.59 Å². The van der Waals surface area contributed by atoms with E-state index in [-0.39, 0.29) is 12.5 Å². The number of amides is 1. The van der Waals surface area contributed by atoms with Gasteiger partial charge in [0, 0.05) is 0 Å². The second-order valence-electron chi connectivity index (χ2n) is 4.38. The molecular weight excluding hydrogens is 270 g/mol. The third-order valence-electron chi connectivity index (χ3n) is 2.95. The molecule has 21 heavy (non-hydrogen) atoms. The monoisotopic (exact) mass is 287 g/mol. The fourth-order valence-corrected chi connectivity index (χ4v) is 1.92. The van der Waals surface area contributed by atoms with Crippen LogP contribution in [0.1, 0.15) is 23.0 Å². The largest absolute Gasteiger partial charge is 0.465 e. The number of benzene rings is 1. The highest BCUT2D eigenvalue weighted by atomic mass is 16.5. The zero-order valence-electron chi connectivity index (χ0n) is 12.0. The van der Waals surface area contributed by atoms with E-state index in [1.54, 1.807) is 18.5 Å². The number of nitrogens with zero attached hydrogens (tertiary/aromatic N) is 2. The first-order chi connectivity index (χ1) is 10.1. The van der Waals surface area contributed by atoms with Crippen molar-refractivity contribution in [1.82, 2.24) is 15.1 Å². The Morgan fingerprint density at radius 2 is 2.00 bits per heavy atom. The van der Waals surface area contributed by atoms with E-state index < -0.39 is 5.97 Å². The van der Waals surface area contributed by atoms with Gasteiger partial charge in [0.05, 0.1) is 29.7 Å². The Labute approximate surface area is 122 Å². The molecule has 0 aliphatic rings. The second kappa shape index (κ2) is 6.69. The average Bonchev–Trinajstić information content (AvgIpc) is 2.88. The summed E-state index contributed by atoms with van der Waals surface area (Å²) < 4.78 is 6.44. The molecule has 0 saturated heterocycles. The first-order valence-corrected chi connectivity index (χ1v) is 6.67. The van der Waals surface area contributed by atoms with Crippen LogP contribution in [-0.4, -0.2) is 34.8 Å². The van der Waals surface area contributed by atoms with Gasteiger partial charge in [0.25, 0.3) is 5.91 Å². The summed E-state index contributed by atoms with van der Waals surface area (Å²) in [5, 5.41) is 6.73. The minimum atomic E-state index is -0.459. The van der Waals surface area contributed by atoms with Crippen LogP contribution in [-0.2, 0) is 9.53 Å². The minimum Gasteiger partial charge on any atom is -0.465 e. The average molecular weight is 287 g/mol. The third kappa shape index (κ3) is 3.47. The summed E-state index contributed by atoms with van der Waals surface area (Å²) in [6.45, 7) is 3.66. The van der Waals surface area contributed by atoms with Gasteiger partial charge in [0.2, 0.25) is 0 Å². The quantitative estimate of drug-likeness (QED) is 0.845. The highest BCUT2D eigenvalue weighted by molar-refractivity contribution is 5.96. The van der Waals surface area contributed by atoms with Crippen molar-refractivity contribution in [1.29, 1.82) is 0 Å². The van der Waals surface area contributed by atoms with Gasteiger partial charge in [-0.25, -0.2) is 4.68 Å². The van der Waals surface area contributed by atoms with E-state index in [0.717, 1.165) is 5.69 Å². The SMILES string of the molecule is CCOC(=O)CNC(=O)c1cnn(-c2ccccc2)c1C. The van der Waals surface area contributed by atoms with Gasteiger partial charge in [-0.15, -0.1) is 0 Å². The zero-order valence-corrected chi connectivity index (χ0v) is 12.0. The first kappa shape index (κ1) is 14.8. The predicted molar refractivity (Wildman–Crippen MR) is 77.3 cm³/mol. The van der Waals surface area contributed by atoms with E-state index >= 15 is 0 Å². The van der Waals surface area contributed by atoms with Crippen LogP contribution in [0, 0.1) is 6.92 Å². The molecule has 0 atom stereocenters. The number of hydrogen-bond donors (Lipinski definition) is 1. The molecule has 1 aromatic carbocycles. The predicted octanol–water partition coefficient (Wildman–Crippen LogP) is 1.47. The number of carbonyl (C=O) groups is 2. The molecule has 0 radical (unpaired) electrons. The first-order valence-electron chi connectivity index (χ1n) is 6.67. The van der Waals surface area contributed by atoms with Gasteiger partial charge >= 0.3 is 5.97 Å². The second-order valence-corrected chi connectivity index (χ2v) is 4.38. The van der Waals surface area contributed by atoms with Crippen molar-refractivity contribution in [3.8, 4) is 5.69 Å². The van der Waals surface area contributed by atoms with Crippen LogP contribution in [0.5, 0.6) is 0 Å². The lowest BCUT2D eigenvalue weighted by atomic mass is 10.2. The Balaban J connectivity index is 2.10. The molecular formula is C15H17N3O3. The van der Waals surface area contributed by atoms with Crippen LogP contribution in [0.4, 0.5) is 0 Å². The maximum absolute atomic E-state index is 12.0. The number of aromatic nitrogens is 2. The Hall–Kier alpha value is -2.63. The minimum absolute atomic E-state index is 0.150. The van der Waals surface area contributed by atoms with Crippen molar-refractivity contribution >= 4 is 11.9 Å². The normalized spacial score (nSPS) is 10.2. The number of nitrogens with one attached hydrogen (secondary N) is 1. The topological polar surface area (TPSA) is 73.2 Å². The number of esters is 1. The van der Waals surface area contributed by atoms with Gasteiger partial charge in [0.15, 0.2) is 0 Å². The lowest BCUT2D eigenvalue weighted by Crippen LogP contribution is -2.30. The molecule has 1 aromatic heterocycles. The molecule has 6 nitrogen and oxygen atoms in total. The molecule has 0 fully saturated rings. The van der Waals surface area contributed by atoms with Crippen LogP contribution in [0.3, 0.4) is 0 Å². The van der Waals surface area contributed by atoms with Crippen LogP contribution in [0.25, 0.3) is 5.69 Å². The fraction of sp³-hybridized carbons (Fsp3) is 0.267. The molecule has 0 saturated carbocycles. The van der Waals surface area contributed by atoms with Gasteiger partial charge in [-0.05, 0) is 26.0 Å². The number of carbonyl (C=O) groups excluding carboxylic acids is 2. The molecule has 0 spiro atoms. The Bertz CT molecular complexity index is 635. The summed E-state index contributed by atoms with van der Waals surface area (Å²) in [6, 6.07) is 9.52. The standard InChI is InChI=1S/C15H17N3O3/c1-3-21-14(19)10-16-15(20)13-9-17-18(11(13)2)12-7-5-4-6-8-12/h4-9H,3,10H2,1-2H3,(H,16,20). The molecule has 0 bridgehead atoms.